The SMILES string of the molecule is COC(=O)CCCC=CC[C@H]1[C@H](C=C[C@@H](O)C2CCCCC2)[C@@H]2C[C@@]1(c1ccc(-c3ccccc3)cc1)CO2. The first kappa shape index (κ1) is 27.9. The Morgan fingerprint density at radius 1 is 1.05 bits per heavy atom. The summed E-state index contributed by atoms with van der Waals surface area (Å²) in [6, 6.07) is 19.7. The number of methoxy groups -OCH3 is 1. The van der Waals surface area contributed by atoms with Crippen molar-refractivity contribution in [3.05, 3.63) is 84.5 Å². The van der Waals surface area contributed by atoms with Crippen LogP contribution in [0.25, 0.3) is 11.1 Å². The number of esters is 1. The second kappa shape index (κ2) is 13.1. The first-order chi connectivity index (χ1) is 19.1. The minimum atomic E-state index is -0.361. The Kier molecular flexibility index (Phi) is 9.36. The molecule has 2 saturated carbocycles. The number of hydrogen-bond donors (Lipinski definition) is 1. The molecule has 1 heterocycles. The molecule has 2 aliphatic carbocycles. The molecule has 39 heavy (non-hydrogen) atoms. The summed E-state index contributed by atoms with van der Waals surface area (Å²) < 4.78 is 11.2. The molecule has 0 unspecified atom stereocenters. The van der Waals surface area contributed by atoms with Crippen LogP contribution >= 0.6 is 0 Å². The van der Waals surface area contributed by atoms with Crippen LogP contribution in [0.4, 0.5) is 0 Å². The Balaban J connectivity index is 1.34. The second-order valence-electron chi connectivity index (χ2n) is 11.8. The first-order valence-electron chi connectivity index (χ1n) is 15.0. The highest BCUT2D eigenvalue weighted by molar-refractivity contribution is 5.69. The summed E-state index contributed by atoms with van der Waals surface area (Å²) in [5, 5.41) is 11.0. The average Bonchev–Trinajstić information content (AvgIpc) is 3.56. The number of carbonyl (C=O) groups excluding carboxylic acids is 1. The summed E-state index contributed by atoms with van der Waals surface area (Å²) in [5.74, 6) is 0.937. The van der Waals surface area contributed by atoms with Gasteiger partial charge in [-0.3, -0.25) is 4.79 Å². The van der Waals surface area contributed by atoms with Crippen LogP contribution in [0, 0.1) is 17.8 Å². The Morgan fingerprint density at radius 3 is 2.54 bits per heavy atom. The molecule has 2 bridgehead atoms. The van der Waals surface area contributed by atoms with E-state index in [-0.39, 0.29) is 29.5 Å². The minimum absolute atomic E-state index is 0.0267. The van der Waals surface area contributed by atoms with Crippen molar-refractivity contribution in [3.8, 4) is 11.1 Å². The van der Waals surface area contributed by atoms with Crippen LogP contribution in [0.1, 0.15) is 69.8 Å². The lowest BCUT2D eigenvalue weighted by Gasteiger charge is -2.38. The number of allylic oxidation sites excluding steroid dienone is 2. The van der Waals surface area contributed by atoms with Gasteiger partial charge in [-0.1, -0.05) is 98.2 Å². The van der Waals surface area contributed by atoms with Crippen molar-refractivity contribution >= 4 is 5.97 Å². The number of unbranched alkanes of at least 4 members (excludes halogenated alkanes) is 1. The predicted molar refractivity (Wildman–Crippen MR) is 156 cm³/mol. The molecule has 0 radical (unpaired) electrons. The van der Waals surface area contributed by atoms with Crippen molar-refractivity contribution in [3.63, 3.8) is 0 Å². The molecular formula is C35H44O4. The molecule has 1 N–H and O–H groups in total. The van der Waals surface area contributed by atoms with Crippen molar-refractivity contribution in [2.45, 2.75) is 81.8 Å². The zero-order chi connectivity index (χ0) is 27.1. The van der Waals surface area contributed by atoms with Crippen molar-refractivity contribution in [1.29, 1.82) is 0 Å². The van der Waals surface area contributed by atoms with E-state index in [0.717, 1.165) is 45.1 Å². The van der Waals surface area contributed by atoms with E-state index < -0.39 is 0 Å². The van der Waals surface area contributed by atoms with Gasteiger partial charge in [-0.15, -0.1) is 0 Å². The van der Waals surface area contributed by atoms with Gasteiger partial charge in [0.1, 0.15) is 0 Å². The molecule has 4 nitrogen and oxygen atoms in total. The van der Waals surface area contributed by atoms with E-state index in [1.165, 1.54) is 43.1 Å². The number of fused-ring (bicyclic) bond motifs is 2. The van der Waals surface area contributed by atoms with Crippen molar-refractivity contribution in [2.75, 3.05) is 13.7 Å². The third-order valence-electron chi connectivity index (χ3n) is 9.49. The van der Waals surface area contributed by atoms with Gasteiger partial charge in [-0.05, 0) is 67.1 Å². The van der Waals surface area contributed by atoms with E-state index in [9.17, 15) is 9.90 Å². The van der Waals surface area contributed by atoms with E-state index in [2.05, 4.69) is 78.9 Å². The van der Waals surface area contributed by atoms with Gasteiger partial charge in [0, 0.05) is 17.8 Å². The van der Waals surface area contributed by atoms with E-state index in [4.69, 9.17) is 9.47 Å². The number of hydrogen-bond acceptors (Lipinski definition) is 4. The molecule has 1 aliphatic heterocycles. The van der Waals surface area contributed by atoms with Crippen LogP contribution in [0.5, 0.6) is 0 Å². The smallest absolute Gasteiger partial charge is 0.305 e. The third-order valence-corrected chi connectivity index (χ3v) is 9.49. The maximum Gasteiger partial charge on any atom is 0.305 e. The largest absolute Gasteiger partial charge is 0.469 e. The van der Waals surface area contributed by atoms with Crippen LogP contribution in [0.15, 0.2) is 78.9 Å². The van der Waals surface area contributed by atoms with E-state index in [1.54, 1.807) is 0 Å². The number of aliphatic hydroxyl groups excluding tert-OH is 1. The Morgan fingerprint density at radius 2 is 1.79 bits per heavy atom. The van der Waals surface area contributed by atoms with Gasteiger partial charge in [-0.25, -0.2) is 0 Å². The number of rotatable bonds is 11. The Hall–Kier alpha value is -2.69. The van der Waals surface area contributed by atoms with E-state index in [1.807, 2.05) is 0 Å². The predicted octanol–water partition coefficient (Wildman–Crippen LogP) is 7.41. The monoisotopic (exact) mass is 528 g/mol. The summed E-state index contributed by atoms with van der Waals surface area (Å²) >= 11 is 0. The number of aliphatic hydroxyl groups is 1. The van der Waals surface area contributed by atoms with Gasteiger partial charge in [0.05, 0.1) is 25.9 Å². The molecule has 3 fully saturated rings. The summed E-state index contributed by atoms with van der Waals surface area (Å²) in [5.41, 5.74) is 3.80. The molecule has 5 atom stereocenters. The molecule has 208 valence electrons. The van der Waals surface area contributed by atoms with Crippen molar-refractivity contribution in [2.24, 2.45) is 17.8 Å². The molecule has 2 aromatic carbocycles. The highest BCUT2D eigenvalue weighted by Gasteiger charge is 2.58. The highest BCUT2D eigenvalue weighted by atomic mass is 16.5. The molecule has 2 aromatic rings. The van der Waals surface area contributed by atoms with E-state index >= 15 is 0 Å². The fraction of sp³-hybridized carbons (Fsp3) is 0.514. The maximum absolute atomic E-state index is 11.4. The summed E-state index contributed by atoms with van der Waals surface area (Å²) in [6.45, 7) is 0.749. The third kappa shape index (κ3) is 6.39. The lowest BCUT2D eigenvalue weighted by atomic mass is 9.69. The molecule has 0 amide bonds. The summed E-state index contributed by atoms with van der Waals surface area (Å²) in [7, 11) is 1.44. The van der Waals surface area contributed by atoms with Crippen LogP contribution in [-0.2, 0) is 19.7 Å². The Bertz CT molecular complexity index is 1120. The molecule has 3 aliphatic rings. The number of ether oxygens (including phenoxy) is 2. The molecule has 0 aromatic heterocycles. The molecule has 1 saturated heterocycles. The fourth-order valence-electron chi connectivity index (χ4n) is 7.25. The quantitative estimate of drug-likeness (QED) is 0.187. The number of carbonyl (C=O) groups is 1. The Labute approximate surface area is 234 Å². The van der Waals surface area contributed by atoms with Gasteiger partial charge >= 0.3 is 5.97 Å². The van der Waals surface area contributed by atoms with Crippen LogP contribution in [-0.4, -0.2) is 37.0 Å². The molecular weight excluding hydrogens is 484 g/mol. The zero-order valence-corrected chi connectivity index (χ0v) is 23.3. The highest BCUT2D eigenvalue weighted by Crippen LogP contribution is 2.57. The van der Waals surface area contributed by atoms with Crippen LogP contribution in [0.2, 0.25) is 0 Å². The zero-order valence-electron chi connectivity index (χ0n) is 23.3. The normalized spacial score (nSPS) is 27.9. The van der Waals surface area contributed by atoms with Crippen molar-refractivity contribution < 1.29 is 19.4 Å². The van der Waals surface area contributed by atoms with Crippen molar-refractivity contribution in [1.82, 2.24) is 0 Å². The minimum Gasteiger partial charge on any atom is -0.469 e. The first-order valence-corrected chi connectivity index (χ1v) is 15.0. The lowest BCUT2D eigenvalue weighted by molar-refractivity contribution is -0.140. The lowest BCUT2D eigenvalue weighted by Crippen LogP contribution is -2.39. The number of benzene rings is 2. The fourth-order valence-corrected chi connectivity index (χ4v) is 7.25. The van der Waals surface area contributed by atoms with Gasteiger partial charge in [-0.2, -0.15) is 0 Å². The molecule has 0 spiro atoms. The van der Waals surface area contributed by atoms with Crippen LogP contribution in [0.3, 0.4) is 0 Å². The van der Waals surface area contributed by atoms with Gasteiger partial charge in [0.2, 0.25) is 0 Å². The summed E-state index contributed by atoms with van der Waals surface area (Å²) in [6.07, 6.45) is 18.9. The average molecular weight is 529 g/mol. The second-order valence-corrected chi connectivity index (χ2v) is 11.8. The molecule has 5 rings (SSSR count). The van der Waals surface area contributed by atoms with Gasteiger partial charge in [0.15, 0.2) is 0 Å². The standard InChI is InChI=1S/C35H44O4/c1-38-34(37)17-11-3-2-10-16-31-30(22-23-32(36)28-14-8-5-9-15-28)33-24-35(31,25-39-33)29-20-18-27(19-21-29)26-12-6-4-7-13-26/h2,4,6-7,10,12-13,18-23,28,30-33,36H,3,5,8-9,11,14-17,24-25H2,1H3/t30-,31-,32+,33-,35-/m0/s1. The van der Waals surface area contributed by atoms with Crippen LogP contribution < -0.4 is 0 Å². The molecule has 4 heteroatoms. The topological polar surface area (TPSA) is 55.8 Å². The summed E-state index contributed by atoms with van der Waals surface area (Å²) in [4.78, 5) is 11.4. The van der Waals surface area contributed by atoms with Gasteiger partial charge in [0.25, 0.3) is 0 Å². The van der Waals surface area contributed by atoms with Gasteiger partial charge < -0.3 is 14.6 Å². The van der Waals surface area contributed by atoms with E-state index in [0.29, 0.717) is 18.3 Å². The maximum atomic E-state index is 11.4.